The number of guanidine groups is 1. The van der Waals surface area contributed by atoms with E-state index in [1.165, 1.54) is 4.88 Å². The highest BCUT2D eigenvalue weighted by atomic mass is 32.1. The number of thiophene rings is 1. The number of hydrogen-bond donors (Lipinski definition) is 2. The molecule has 0 saturated carbocycles. The summed E-state index contributed by atoms with van der Waals surface area (Å²) in [7, 11) is 0. The van der Waals surface area contributed by atoms with Crippen LogP contribution in [0.3, 0.4) is 0 Å². The zero-order valence-electron chi connectivity index (χ0n) is 17.4. The second-order valence-electron chi connectivity index (χ2n) is 6.85. The largest absolute Gasteiger partial charge is 0.379 e. The van der Waals surface area contributed by atoms with Gasteiger partial charge in [-0.25, -0.2) is 0 Å². The maximum absolute atomic E-state index is 5.54. The SMILES string of the molecule is CCNC(=NCC(C)N(CC)CC)NCC(c1cccs1)N1CCOCC1. The summed E-state index contributed by atoms with van der Waals surface area (Å²) < 4.78 is 5.54. The fourth-order valence-electron chi connectivity index (χ4n) is 3.50. The van der Waals surface area contributed by atoms with Gasteiger partial charge in [0, 0.05) is 37.1 Å². The molecule has 2 heterocycles. The fraction of sp³-hybridized carbons (Fsp3) is 0.750. The highest BCUT2D eigenvalue weighted by Crippen LogP contribution is 2.25. The molecule has 2 unspecified atom stereocenters. The zero-order chi connectivity index (χ0) is 19.5. The fourth-order valence-corrected chi connectivity index (χ4v) is 4.36. The Morgan fingerprint density at radius 3 is 2.59 bits per heavy atom. The van der Waals surface area contributed by atoms with Gasteiger partial charge in [-0.1, -0.05) is 19.9 Å². The standard InChI is InChI=1S/C20H37N5OS/c1-5-21-20(22-15-17(4)24(6-2)7-3)23-16-18(19-9-8-14-27-19)25-10-12-26-13-11-25/h8-9,14,17-18H,5-7,10-13,15-16H2,1-4H3,(H2,21,22,23). The first-order valence-corrected chi connectivity index (χ1v) is 11.2. The lowest BCUT2D eigenvalue weighted by molar-refractivity contribution is 0.0177. The van der Waals surface area contributed by atoms with E-state index in [1.54, 1.807) is 0 Å². The van der Waals surface area contributed by atoms with Crippen LogP contribution in [0.1, 0.15) is 38.6 Å². The Morgan fingerprint density at radius 2 is 2.00 bits per heavy atom. The number of nitrogens with one attached hydrogen (secondary N) is 2. The van der Waals surface area contributed by atoms with E-state index in [0.29, 0.717) is 12.1 Å². The third kappa shape index (κ3) is 7.07. The van der Waals surface area contributed by atoms with Crippen LogP contribution in [-0.2, 0) is 4.74 Å². The van der Waals surface area contributed by atoms with E-state index in [-0.39, 0.29) is 0 Å². The average Bonchev–Trinajstić information content (AvgIpc) is 3.22. The molecule has 1 aliphatic rings. The zero-order valence-corrected chi connectivity index (χ0v) is 18.2. The normalized spacial score (nSPS) is 18.5. The van der Waals surface area contributed by atoms with Crippen molar-refractivity contribution in [2.45, 2.75) is 39.8 Å². The summed E-state index contributed by atoms with van der Waals surface area (Å²) in [5, 5.41) is 9.14. The van der Waals surface area contributed by atoms with Gasteiger partial charge in [-0.15, -0.1) is 11.3 Å². The van der Waals surface area contributed by atoms with Crippen LogP contribution >= 0.6 is 11.3 Å². The lowest BCUT2D eigenvalue weighted by atomic mass is 10.2. The molecule has 1 aromatic heterocycles. The molecule has 1 aromatic rings. The summed E-state index contributed by atoms with van der Waals surface area (Å²) in [4.78, 5) is 11.2. The minimum Gasteiger partial charge on any atom is -0.379 e. The number of morpholine rings is 1. The number of hydrogen-bond acceptors (Lipinski definition) is 5. The second-order valence-corrected chi connectivity index (χ2v) is 7.83. The van der Waals surface area contributed by atoms with Crippen molar-refractivity contribution in [2.75, 3.05) is 59.0 Å². The predicted octanol–water partition coefficient (Wildman–Crippen LogP) is 2.41. The Kier molecular flexibility index (Phi) is 10.1. The minimum absolute atomic E-state index is 0.359. The van der Waals surface area contributed by atoms with E-state index in [9.17, 15) is 0 Å². The Hall–Kier alpha value is -1.15. The maximum Gasteiger partial charge on any atom is 0.191 e. The molecule has 2 rings (SSSR count). The van der Waals surface area contributed by atoms with Crippen LogP contribution in [-0.4, -0.2) is 80.8 Å². The smallest absolute Gasteiger partial charge is 0.191 e. The van der Waals surface area contributed by atoms with Gasteiger partial charge in [0.1, 0.15) is 0 Å². The van der Waals surface area contributed by atoms with Crippen molar-refractivity contribution in [1.29, 1.82) is 0 Å². The van der Waals surface area contributed by atoms with Crippen LogP contribution in [0.2, 0.25) is 0 Å². The molecule has 0 amide bonds. The molecular weight excluding hydrogens is 358 g/mol. The number of aliphatic imine (C=N–C) groups is 1. The third-order valence-corrected chi connectivity index (χ3v) is 6.09. The van der Waals surface area contributed by atoms with Gasteiger partial charge in [-0.3, -0.25) is 14.8 Å². The number of likely N-dealkylation sites (N-methyl/N-ethyl adjacent to an activating group) is 1. The van der Waals surface area contributed by atoms with Gasteiger partial charge < -0.3 is 15.4 Å². The third-order valence-electron chi connectivity index (χ3n) is 5.11. The van der Waals surface area contributed by atoms with Gasteiger partial charge in [-0.05, 0) is 38.4 Å². The molecular formula is C20H37N5OS. The molecule has 0 aliphatic carbocycles. The Labute approximate surface area is 169 Å². The van der Waals surface area contributed by atoms with Crippen LogP contribution in [0.25, 0.3) is 0 Å². The predicted molar refractivity (Wildman–Crippen MR) is 116 cm³/mol. The molecule has 1 aliphatic heterocycles. The Balaban J connectivity index is 1.99. The first kappa shape index (κ1) is 22.1. The first-order chi connectivity index (χ1) is 13.2. The van der Waals surface area contributed by atoms with Gasteiger partial charge in [0.2, 0.25) is 0 Å². The van der Waals surface area contributed by atoms with Crippen LogP contribution in [0.15, 0.2) is 22.5 Å². The van der Waals surface area contributed by atoms with Crippen molar-refractivity contribution in [1.82, 2.24) is 20.4 Å². The van der Waals surface area contributed by atoms with Crippen molar-refractivity contribution in [3.8, 4) is 0 Å². The molecule has 0 bridgehead atoms. The number of nitrogens with zero attached hydrogens (tertiary/aromatic N) is 3. The molecule has 6 nitrogen and oxygen atoms in total. The second kappa shape index (κ2) is 12.3. The summed E-state index contributed by atoms with van der Waals surface area (Å²) >= 11 is 1.83. The topological polar surface area (TPSA) is 52.1 Å². The molecule has 2 N–H and O–H groups in total. The van der Waals surface area contributed by atoms with E-state index in [0.717, 1.165) is 65.0 Å². The minimum atomic E-state index is 0.359. The monoisotopic (exact) mass is 395 g/mol. The molecule has 0 aromatic carbocycles. The van der Waals surface area contributed by atoms with E-state index in [4.69, 9.17) is 9.73 Å². The van der Waals surface area contributed by atoms with Crippen LogP contribution in [0.5, 0.6) is 0 Å². The lowest BCUT2D eigenvalue weighted by Gasteiger charge is -2.34. The van der Waals surface area contributed by atoms with Crippen molar-refractivity contribution >= 4 is 17.3 Å². The van der Waals surface area contributed by atoms with Gasteiger partial charge in [0.05, 0.1) is 25.8 Å². The lowest BCUT2D eigenvalue weighted by Crippen LogP contribution is -2.46. The molecule has 1 saturated heterocycles. The summed E-state index contributed by atoms with van der Waals surface area (Å²) in [5.41, 5.74) is 0. The quantitative estimate of drug-likeness (QED) is 0.471. The molecule has 1 fully saturated rings. The first-order valence-electron chi connectivity index (χ1n) is 10.3. The number of rotatable bonds is 10. The highest BCUT2D eigenvalue weighted by Gasteiger charge is 2.23. The Bertz CT molecular complexity index is 526. The number of ether oxygens (including phenoxy) is 1. The van der Waals surface area contributed by atoms with E-state index in [1.807, 2.05) is 11.3 Å². The maximum atomic E-state index is 5.54. The van der Waals surface area contributed by atoms with Crippen LogP contribution in [0, 0.1) is 0 Å². The van der Waals surface area contributed by atoms with Gasteiger partial charge in [0.25, 0.3) is 0 Å². The van der Waals surface area contributed by atoms with Gasteiger partial charge in [0.15, 0.2) is 5.96 Å². The van der Waals surface area contributed by atoms with E-state index < -0.39 is 0 Å². The molecule has 27 heavy (non-hydrogen) atoms. The molecule has 0 spiro atoms. The van der Waals surface area contributed by atoms with Crippen LogP contribution in [0.4, 0.5) is 0 Å². The van der Waals surface area contributed by atoms with Crippen molar-refractivity contribution in [3.05, 3.63) is 22.4 Å². The summed E-state index contributed by atoms with van der Waals surface area (Å²) in [5.74, 6) is 0.909. The highest BCUT2D eigenvalue weighted by molar-refractivity contribution is 7.10. The van der Waals surface area contributed by atoms with Crippen molar-refractivity contribution in [3.63, 3.8) is 0 Å². The average molecular weight is 396 g/mol. The van der Waals surface area contributed by atoms with E-state index >= 15 is 0 Å². The molecule has 7 heteroatoms. The molecule has 154 valence electrons. The summed E-state index contributed by atoms with van der Waals surface area (Å²) in [6, 6.07) is 5.18. The van der Waals surface area contributed by atoms with Gasteiger partial charge in [-0.2, -0.15) is 0 Å². The Morgan fingerprint density at radius 1 is 1.26 bits per heavy atom. The molecule has 2 atom stereocenters. The van der Waals surface area contributed by atoms with Crippen molar-refractivity contribution < 1.29 is 4.74 Å². The van der Waals surface area contributed by atoms with E-state index in [2.05, 4.69) is 65.6 Å². The summed E-state index contributed by atoms with van der Waals surface area (Å²) in [6.07, 6.45) is 0. The molecule has 0 radical (unpaired) electrons. The summed E-state index contributed by atoms with van der Waals surface area (Å²) in [6.45, 7) is 17.0. The van der Waals surface area contributed by atoms with Gasteiger partial charge >= 0.3 is 0 Å². The van der Waals surface area contributed by atoms with Crippen molar-refractivity contribution in [2.24, 2.45) is 4.99 Å². The van der Waals surface area contributed by atoms with Crippen LogP contribution < -0.4 is 10.6 Å².